The highest BCUT2D eigenvalue weighted by Crippen LogP contribution is 2.53. The third kappa shape index (κ3) is 6.78. The van der Waals surface area contributed by atoms with Gasteiger partial charge in [-0.25, -0.2) is 4.90 Å². The van der Waals surface area contributed by atoms with Gasteiger partial charge in [0.25, 0.3) is 11.8 Å². The van der Waals surface area contributed by atoms with E-state index in [2.05, 4.69) is 45.9 Å². The van der Waals surface area contributed by atoms with Crippen LogP contribution in [0, 0.1) is 5.92 Å². The van der Waals surface area contributed by atoms with Gasteiger partial charge in [-0.3, -0.25) is 19.2 Å². The van der Waals surface area contributed by atoms with Gasteiger partial charge in [0, 0.05) is 61.3 Å². The Morgan fingerprint density at radius 3 is 1.69 bits per heavy atom. The summed E-state index contributed by atoms with van der Waals surface area (Å²) in [6, 6.07) is 30.0. The Bertz CT molecular complexity index is 3340. The molecule has 0 saturated carbocycles. The first kappa shape index (κ1) is 43.8. The predicted molar refractivity (Wildman–Crippen MR) is 268 cm³/mol. The van der Waals surface area contributed by atoms with Gasteiger partial charge in [0.2, 0.25) is 0 Å². The van der Waals surface area contributed by atoms with Crippen LogP contribution in [-0.4, -0.2) is 35.6 Å². The molecule has 10 rings (SSSR count). The smallest absolute Gasteiger partial charge is 0.266 e. The summed E-state index contributed by atoms with van der Waals surface area (Å²) in [5.74, 6) is 0.163. The van der Waals surface area contributed by atoms with Gasteiger partial charge in [-0.1, -0.05) is 110 Å². The van der Waals surface area contributed by atoms with Crippen LogP contribution < -0.4 is 14.4 Å². The van der Waals surface area contributed by atoms with E-state index < -0.39 is 17.7 Å². The van der Waals surface area contributed by atoms with Crippen molar-refractivity contribution in [2.45, 2.75) is 98.3 Å². The van der Waals surface area contributed by atoms with Gasteiger partial charge >= 0.3 is 0 Å². The van der Waals surface area contributed by atoms with Crippen molar-refractivity contribution in [1.82, 2.24) is 0 Å². The van der Waals surface area contributed by atoms with Gasteiger partial charge in [0.05, 0.1) is 18.4 Å². The first-order valence-corrected chi connectivity index (χ1v) is 23.6. The summed E-state index contributed by atoms with van der Waals surface area (Å²) in [5.41, 5.74) is 7.46. The molecule has 1 aliphatic heterocycles. The molecule has 0 fully saturated rings. The first-order valence-electron chi connectivity index (χ1n) is 23.6. The summed E-state index contributed by atoms with van der Waals surface area (Å²) in [5, 5.41) is 16.6. The second kappa shape index (κ2) is 16.4. The SMILES string of the molecule is COc1ccc(Oc2cc3c4c(ccc5c6c(O)cc7c8c(ccc(c2c45)c86)C(=O)N(c2c(C(C)C)cccc2C(C)C)C7=O)C(=O)C(CCc2c(C(C)C)cccc2C(C)C)CC3=O)cc1. The Kier molecular flexibility index (Phi) is 10.7. The lowest BCUT2D eigenvalue weighted by molar-refractivity contribution is 0.0853. The predicted octanol–water partition coefficient (Wildman–Crippen LogP) is 14.6. The molecule has 1 atom stereocenters. The lowest BCUT2D eigenvalue weighted by Crippen LogP contribution is -2.41. The minimum Gasteiger partial charge on any atom is -0.507 e. The minimum atomic E-state index is -0.573. The van der Waals surface area contributed by atoms with Gasteiger partial charge in [-0.05, 0) is 118 Å². The number of aromatic hydroxyl groups is 1. The average Bonchev–Trinajstić information content (AvgIpc) is 3.40. The van der Waals surface area contributed by atoms with Crippen LogP contribution in [0.4, 0.5) is 5.69 Å². The van der Waals surface area contributed by atoms with E-state index >= 15 is 14.4 Å². The number of benzene rings is 8. The van der Waals surface area contributed by atoms with E-state index in [-0.39, 0.29) is 41.1 Å². The number of hydrogen-bond acceptors (Lipinski definition) is 7. The summed E-state index contributed by atoms with van der Waals surface area (Å²) < 4.78 is 12.2. The number of nitrogens with zero attached hydrogens (tertiary/aromatic N) is 1. The number of rotatable bonds is 11. The molecule has 0 radical (unpaired) electrons. The number of anilines is 1. The maximum atomic E-state index is 15.1. The van der Waals surface area contributed by atoms with Crippen LogP contribution in [-0.2, 0) is 6.42 Å². The van der Waals surface area contributed by atoms with Crippen LogP contribution in [0.15, 0.2) is 97.1 Å². The number of carbonyl (C=O) groups excluding carboxylic acids is 4. The fourth-order valence-electron chi connectivity index (χ4n) is 11.2. The zero-order chi connectivity index (χ0) is 47.3. The molecule has 2 aliphatic rings. The molecule has 8 nitrogen and oxygen atoms in total. The number of hydrogen-bond donors (Lipinski definition) is 1. The van der Waals surface area contributed by atoms with Crippen LogP contribution in [0.3, 0.4) is 0 Å². The third-order valence-electron chi connectivity index (χ3n) is 14.4. The number of carbonyl (C=O) groups is 4. The van der Waals surface area contributed by atoms with E-state index in [1.807, 2.05) is 58.0 Å². The monoisotopic (exact) mass is 889 g/mol. The molecule has 0 bridgehead atoms. The Labute approximate surface area is 390 Å². The summed E-state index contributed by atoms with van der Waals surface area (Å²) in [4.78, 5) is 61.3. The highest BCUT2D eigenvalue weighted by Gasteiger charge is 2.40. The summed E-state index contributed by atoms with van der Waals surface area (Å²) >= 11 is 0. The van der Waals surface area contributed by atoms with E-state index in [4.69, 9.17) is 9.47 Å². The van der Waals surface area contributed by atoms with Crippen LogP contribution >= 0.6 is 0 Å². The van der Waals surface area contributed by atoms with Crippen molar-refractivity contribution in [2.24, 2.45) is 5.92 Å². The number of Topliss-reactive ketones (excluding diaryl/α,β-unsaturated/α-hetero) is 2. The van der Waals surface area contributed by atoms with Crippen molar-refractivity contribution in [2.75, 3.05) is 12.0 Å². The number of amides is 2. The maximum absolute atomic E-state index is 15.1. The molecule has 338 valence electrons. The molecular weight excluding hydrogens is 835 g/mol. The highest BCUT2D eigenvalue weighted by atomic mass is 16.5. The standard InChI is InChI=1S/C59H55NO7/c1-29(2)36-12-10-13-37(30(3)4)40(36)21-16-33-26-47(61)45-28-49(67-35-19-17-34(66-9)18-20-35)53-42-23-25-44-51-46(27-48(62)52(54(42)51)41-22-24-43(57(33)63)50(45)55(41)53)59(65)60(58(44)64)56-38(31(5)6)14-11-15-39(56)32(7)8/h10-15,17-20,22-25,27-33,62H,16,21,26H2,1-9H3. The fourth-order valence-corrected chi connectivity index (χ4v) is 11.2. The van der Waals surface area contributed by atoms with E-state index in [0.717, 1.165) is 11.1 Å². The summed E-state index contributed by atoms with van der Waals surface area (Å²) in [7, 11) is 1.59. The Hall–Kier alpha value is -7.06. The number of fused-ring (bicyclic) bond motifs is 2. The highest BCUT2D eigenvalue weighted by molar-refractivity contribution is 6.45. The third-order valence-corrected chi connectivity index (χ3v) is 14.4. The Morgan fingerprint density at radius 2 is 1.09 bits per heavy atom. The molecule has 8 heteroatoms. The fraction of sp³-hybridized carbons (Fsp3) is 0.288. The number of methoxy groups -OCH3 is 1. The van der Waals surface area contributed by atoms with Gasteiger partial charge in [-0.2, -0.15) is 0 Å². The lowest BCUT2D eigenvalue weighted by Gasteiger charge is -2.33. The number of ketones is 2. The van der Waals surface area contributed by atoms with Gasteiger partial charge in [-0.15, -0.1) is 0 Å². The zero-order valence-corrected chi connectivity index (χ0v) is 39.6. The normalized spacial score (nSPS) is 15.2. The molecule has 1 aliphatic carbocycles. The Balaban J connectivity index is 1.21. The Morgan fingerprint density at radius 1 is 0.567 bits per heavy atom. The summed E-state index contributed by atoms with van der Waals surface area (Å²) in [6.45, 7) is 16.9. The van der Waals surface area contributed by atoms with Crippen LogP contribution in [0.5, 0.6) is 23.0 Å². The molecule has 67 heavy (non-hydrogen) atoms. The second-order valence-electron chi connectivity index (χ2n) is 19.7. The maximum Gasteiger partial charge on any atom is 0.266 e. The second-order valence-corrected chi connectivity index (χ2v) is 19.7. The molecule has 8 aromatic rings. The molecule has 1 unspecified atom stereocenters. The van der Waals surface area contributed by atoms with Crippen molar-refractivity contribution >= 4 is 72.2 Å². The molecule has 8 aromatic carbocycles. The van der Waals surface area contributed by atoms with Crippen LogP contribution in [0.2, 0.25) is 0 Å². The van der Waals surface area contributed by atoms with E-state index in [1.54, 1.807) is 49.6 Å². The lowest BCUT2D eigenvalue weighted by atomic mass is 9.81. The van der Waals surface area contributed by atoms with E-state index in [9.17, 15) is 9.90 Å². The van der Waals surface area contributed by atoms with Crippen molar-refractivity contribution in [1.29, 1.82) is 0 Å². The first-order chi connectivity index (χ1) is 32.1. The van der Waals surface area contributed by atoms with Crippen molar-refractivity contribution in [3.63, 3.8) is 0 Å². The molecule has 2 amide bonds. The van der Waals surface area contributed by atoms with Gasteiger partial charge < -0.3 is 14.6 Å². The number of para-hydroxylation sites is 1. The van der Waals surface area contributed by atoms with E-state index in [1.165, 1.54) is 27.7 Å². The number of ether oxygens (including phenoxy) is 2. The van der Waals surface area contributed by atoms with Crippen LogP contribution in [0.1, 0.15) is 161 Å². The van der Waals surface area contributed by atoms with Gasteiger partial charge in [0.1, 0.15) is 23.0 Å². The number of phenols is 1. The van der Waals surface area contributed by atoms with Crippen molar-refractivity contribution in [3.8, 4) is 23.0 Å². The minimum absolute atomic E-state index is 0.0137. The largest absolute Gasteiger partial charge is 0.507 e. The molecule has 0 saturated heterocycles. The number of phenolic OH excluding ortho intramolecular Hbond substituents is 1. The molecule has 1 N–H and O–H groups in total. The van der Waals surface area contributed by atoms with Crippen molar-refractivity contribution < 1.29 is 33.8 Å². The topological polar surface area (TPSA) is 110 Å². The van der Waals surface area contributed by atoms with E-state index in [0.29, 0.717) is 107 Å². The molecule has 1 heterocycles. The van der Waals surface area contributed by atoms with Crippen LogP contribution in [0.25, 0.3) is 43.1 Å². The average molecular weight is 890 g/mol. The summed E-state index contributed by atoms with van der Waals surface area (Å²) in [6.07, 6.45) is 1.19. The van der Waals surface area contributed by atoms with Gasteiger partial charge in [0.15, 0.2) is 11.6 Å². The zero-order valence-electron chi connectivity index (χ0n) is 39.6. The van der Waals surface area contributed by atoms with Crippen molar-refractivity contribution in [3.05, 3.63) is 147 Å². The molecular formula is C59H55NO7. The quantitative estimate of drug-likeness (QED) is 0.0782. The number of imide groups is 1. The molecule has 0 spiro atoms. The molecule has 0 aromatic heterocycles.